The molecule has 0 bridgehead atoms. The molecule has 11 rings (SSSR count). The van der Waals surface area contributed by atoms with Crippen molar-refractivity contribution < 1.29 is 0 Å². The number of hydrogen-bond donors (Lipinski definition) is 0. The third-order valence-corrected chi connectivity index (χ3v) is 10.6. The third-order valence-electron chi connectivity index (χ3n) is 10.6. The summed E-state index contributed by atoms with van der Waals surface area (Å²) in [6.07, 6.45) is 1.84. The maximum absolute atomic E-state index is 5.32. The van der Waals surface area contributed by atoms with E-state index in [0.29, 0.717) is 0 Å². The highest BCUT2D eigenvalue weighted by atomic mass is 15.0. The van der Waals surface area contributed by atoms with E-state index >= 15 is 0 Å². The zero-order valence-electron chi connectivity index (χ0n) is 28.6. The summed E-state index contributed by atoms with van der Waals surface area (Å²) >= 11 is 0. The Morgan fingerprint density at radius 1 is 0.377 bits per heavy atom. The van der Waals surface area contributed by atoms with Crippen molar-refractivity contribution in [3.8, 4) is 39.3 Å². The Morgan fingerprint density at radius 2 is 1.06 bits per heavy atom. The average Bonchev–Trinajstić information content (AvgIpc) is 3.55. The summed E-state index contributed by atoms with van der Waals surface area (Å²) in [5.74, 6) is 0. The minimum atomic E-state index is 0.927. The predicted octanol–water partition coefficient (Wildman–Crippen LogP) is 12.6. The van der Waals surface area contributed by atoms with Crippen LogP contribution in [-0.2, 0) is 0 Å². The van der Waals surface area contributed by atoms with E-state index < -0.39 is 0 Å². The Balaban J connectivity index is 1.08. The number of pyridine rings is 3. The quantitative estimate of drug-likeness (QED) is 0.175. The van der Waals surface area contributed by atoms with E-state index in [9.17, 15) is 0 Å². The summed E-state index contributed by atoms with van der Waals surface area (Å²) in [4.78, 5) is 15.0. The smallest absolute Gasteiger partial charge is 0.0972 e. The number of fused-ring (bicyclic) bond motifs is 9. The lowest BCUT2D eigenvalue weighted by Crippen LogP contribution is -1.94. The molecule has 0 aliphatic rings. The molecule has 0 radical (unpaired) electrons. The second-order valence-corrected chi connectivity index (χ2v) is 13.6. The number of rotatable bonds is 4. The van der Waals surface area contributed by atoms with Crippen LogP contribution in [0, 0.1) is 0 Å². The SMILES string of the molecule is c1ccc(-c2nc3cc4c5ccc(-c6ccc(-c7ccc8ccc9cccnc9c8n7)cc6)cc5n(-c5ccccc5)c4cc3c3ccccc23)cc1. The van der Waals surface area contributed by atoms with E-state index in [4.69, 9.17) is 9.97 Å². The van der Waals surface area contributed by atoms with Crippen molar-refractivity contribution in [3.05, 3.63) is 182 Å². The van der Waals surface area contributed by atoms with Crippen LogP contribution in [0.25, 0.3) is 105 Å². The molecule has 53 heavy (non-hydrogen) atoms. The normalized spacial score (nSPS) is 11.8. The standard InChI is InChI=1S/C49H30N4/c1-3-10-33(11-4-1)47-40-16-8-7-15-38(40)41-30-46-42(29-44(41)52-47)39-25-23-36(28-45(39)53(46)37-13-5-2-6-14-37)31-17-19-32(20-18-31)43-26-24-35-22-21-34-12-9-27-50-48(34)49(35)51-43/h1-30H. The van der Waals surface area contributed by atoms with Crippen LogP contribution >= 0.6 is 0 Å². The first-order valence-electron chi connectivity index (χ1n) is 17.9. The first-order chi connectivity index (χ1) is 26.3. The number of hydrogen-bond acceptors (Lipinski definition) is 3. The van der Waals surface area contributed by atoms with Crippen molar-refractivity contribution in [1.29, 1.82) is 0 Å². The topological polar surface area (TPSA) is 43.6 Å². The van der Waals surface area contributed by atoms with Crippen LogP contribution in [0.1, 0.15) is 0 Å². The van der Waals surface area contributed by atoms with E-state index in [1.165, 1.54) is 16.2 Å². The summed E-state index contributed by atoms with van der Waals surface area (Å²) in [5, 5.41) is 8.07. The first kappa shape index (κ1) is 29.5. The van der Waals surface area contributed by atoms with Gasteiger partial charge in [0, 0.05) is 55.3 Å². The van der Waals surface area contributed by atoms with Gasteiger partial charge in [-0.25, -0.2) is 9.97 Å². The van der Waals surface area contributed by atoms with Crippen molar-refractivity contribution in [2.24, 2.45) is 0 Å². The van der Waals surface area contributed by atoms with Gasteiger partial charge in [0.2, 0.25) is 0 Å². The molecule has 0 aliphatic carbocycles. The molecule has 0 unspecified atom stereocenters. The van der Waals surface area contributed by atoms with Crippen molar-refractivity contribution >= 4 is 65.3 Å². The zero-order chi connectivity index (χ0) is 34.9. The van der Waals surface area contributed by atoms with E-state index in [-0.39, 0.29) is 0 Å². The summed E-state index contributed by atoms with van der Waals surface area (Å²) in [7, 11) is 0. The lowest BCUT2D eigenvalue weighted by molar-refractivity contribution is 1.18. The van der Waals surface area contributed by atoms with Crippen LogP contribution in [0.5, 0.6) is 0 Å². The molecule has 246 valence electrons. The van der Waals surface area contributed by atoms with E-state index in [1.54, 1.807) is 0 Å². The van der Waals surface area contributed by atoms with Gasteiger partial charge in [0.15, 0.2) is 0 Å². The van der Waals surface area contributed by atoms with Crippen molar-refractivity contribution in [3.63, 3.8) is 0 Å². The van der Waals surface area contributed by atoms with Gasteiger partial charge < -0.3 is 4.57 Å². The van der Waals surface area contributed by atoms with Gasteiger partial charge in [-0.1, -0.05) is 133 Å². The lowest BCUT2D eigenvalue weighted by Gasteiger charge is -2.12. The molecule has 4 nitrogen and oxygen atoms in total. The molecular formula is C49H30N4. The molecule has 0 atom stereocenters. The predicted molar refractivity (Wildman–Crippen MR) is 220 cm³/mol. The molecule has 4 aromatic heterocycles. The van der Waals surface area contributed by atoms with Gasteiger partial charge in [-0.2, -0.15) is 0 Å². The van der Waals surface area contributed by atoms with Gasteiger partial charge in [0.25, 0.3) is 0 Å². The van der Waals surface area contributed by atoms with Crippen molar-refractivity contribution in [1.82, 2.24) is 19.5 Å². The Kier molecular flexibility index (Phi) is 6.52. The van der Waals surface area contributed by atoms with Gasteiger partial charge in [0.05, 0.1) is 39.0 Å². The molecule has 0 amide bonds. The summed E-state index contributed by atoms with van der Waals surface area (Å²) in [5.41, 5.74) is 12.7. The molecule has 0 saturated heterocycles. The molecule has 0 spiro atoms. The third kappa shape index (κ3) is 4.73. The summed E-state index contributed by atoms with van der Waals surface area (Å²) in [6.45, 7) is 0. The van der Waals surface area contributed by atoms with E-state index in [1.807, 2.05) is 12.3 Å². The molecule has 0 aliphatic heterocycles. The second kappa shape index (κ2) is 11.7. The van der Waals surface area contributed by atoms with Crippen LogP contribution in [0.15, 0.2) is 182 Å². The molecule has 0 saturated carbocycles. The zero-order valence-corrected chi connectivity index (χ0v) is 28.6. The first-order valence-corrected chi connectivity index (χ1v) is 17.9. The molecule has 7 aromatic carbocycles. The van der Waals surface area contributed by atoms with Gasteiger partial charge in [-0.3, -0.25) is 4.98 Å². The Morgan fingerprint density at radius 3 is 1.89 bits per heavy atom. The molecule has 0 N–H and O–H groups in total. The molecule has 0 fully saturated rings. The number of nitrogens with zero attached hydrogens (tertiary/aromatic N) is 4. The van der Waals surface area contributed by atoms with Gasteiger partial charge >= 0.3 is 0 Å². The highest BCUT2D eigenvalue weighted by Crippen LogP contribution is 2.40. The Hall–Kier alpha value is -7.17. The van der Waals surface area contributed by atoms with E-state index in [2.05, 4.69) is 179 Å². The number of aromatic nitrogens is 4. The van der Waals surface area contributed by atoms with Crippen LogP contribution in [0.4, 0.5) is 0 Å². The second-order valence-electron chi connectivity index (χ2n) is 13.6. The van der Waals surface area contributed by atoms with Crippen LogP contribution in [0.2, 0.25) is 0 Å². The summed E-state index contributed by atoms with van der Waals surface area (Å²) in [6, 6.07) is 62.6. The molecular weight excluding hydrogens is 645 g/mol. The lowest BCUT2D eigenvalue weighted by atomic mass is 9.98. The van der Waals surface area contributed by atoms with Gasteiger partial charge in [-0.05, 0) is 59.0 Å². The van der Waals surface area contributed by atoms with Crippen molar-refractivity contribution in [2.45, 2.75) is 0 Å². The molecule has 11 aromatic rings. The molecule has 4 heteroatoms. The fraction of sp³-hybridized carbons (Fsp3) is 0. The van der Waals surface area contributed by atoms with Gasteiger partial charge in [-0.15, -0.1) is 0 Å². The van der Waals surface area contributed by atoms with E-state index in [0.717, 1.165) is 88.5 Å². The largest absolute Gasteiger partial charge is 0.309 e. The van der Waals surface area contributed by atoms with Gasteiger partial charge in [0.1, 0.15) is 0 Å². The number of para-hydroxylation sites is 1. The summed E-state index contributed by atoms with van der Waals surface area (Å²) < 4.78 is 2.40. The maximum atomic E-state index is 5.32. The fourth-order valence-electron chi connectivity index (χ4n) is 8.03. The molecule has 4 heterocycles. The van der Waals surface area contributed by atoms with Crippen LogP contribution < -0.4 is 0 Å². The fourth-order valence-corrected chi connectivity index (χ4v) is 8.03. The Labute approximate surface area is 305 Å². The van der Waals surface area contributed by atoms with Crippen LogP contribution in [0.3, 0.4) is 0 Å². The monoisotopic (exact) mass is 674 g/mol. The maximum Gasteiger partial charge on any atom is 0.0972 e. The Bertz CT molecular complexity index is 3200. The average molecular weight is 675 g/mol. The minimum absolute atomic E-state index is 0.927. The number of benzene rings is 7. The highest BCUT2D eigenvalue weighted by Gasteiger charge is 2.18. The minimum Gasteiger partial charge on any atom is -0.309 e. The highest BCUT2D eigenvalue weighted by molar-refractivity contribution is 6.19. The van der Waals surface area contributed by atoms with Crippen LogP contribution in [-0.4, -0.2) is 19.5 Å². The van der Waals surface area contributed by atoms with Crippen molar-refractivity contribution in [2.75, 3.05) is 0 Å².